The molecule has 2 bridgehead atoms. The van der Waals surface area contributed by atoms with Crippen molar-refractivity contribution in [2.24, 2.45) is 23.8 Å². The van der Waals surface area contributed by atoms with Gasteiger partial charge in [0.05, 0.1) is 17.4 Å². The average molecular weight is 507 g/mol. The molecular weight excluding hydrogens is 472 g/mol. The Morgan fingerprint density at radius 1 is 1.24 bits per heavy atom. The number of pyridine rings is 1. The van der Waals surface area contributed by atoms with Crippen molar-refractivity contribution in [3.63, 3.8) is 0 Å². The van der Waals surface area contributed by atoms with Crippen LogP contribution in [0.25, 0.3) is 22.0 Å². The van der Waals surface area contributed by atoms with Gasteiger partial charge in [-0.2, -0.15) is 10.4 Å². The molecule has 2 atom stereocenters. The molecule has 2 saturated heterocycles. The minimum atomic E-state index is 0.00231. The van der Waals surface area contributed by atoms with Gasteiger partial charge in [-0.15, -0.1) is 0 Å². The van der Waals surface area contributed by atoms with Gasteiger partial charge < -0.3 is 9.80 Å². The smallest absolute Gasteiger partial charge is 0.245 e. The average Bonchev–Trinajstić information content (AvgIpc) is 3.50. The monoisotopic (exact) mass is 506 g/mol. The van der Waals surface area contributed by atoms with Crippen molar-refractivity contribution in [1.82, 2.24) is 19.7 Å². The van der Waals surface area contributed by atoms with Crippen LogP contribution in [0.1, 0.15) is 55.0 Å². The van der Waals surface area contributed by atoms with E-state index < -0.39 is 0 Å². The molecule has 5 aliphatic rings. The molecular formula is C31H34N6O. The molecule has 0 radical (unpaired) electrons. The first kappa shape index (κ1) is 23.5. The number of nitrogens with zero attached hydrogens (tertiary/aromatic N) is 6. The molecule has 0 N–H and O–H groups in total. The number of benzene rings is 1. The van der Waals surface area contributed by atoms with E-state index in [9.17, 15) is 10.1 Å². The van der Waals surface area contributed by atoms with Crippen molar-refractivity contribution in [2.45, 2.75) is 46.0 Å². The second kappa shape index (κ2) is 7.69. The van der Waals surface area contributed by atoms with Crippen molar-refractivity contribution < 1.29 is 4.79 Å². The van der Waals surface area contributed by atoms with Crippen LogP contribution < -0.4 is 4.90 Å². The molecule has 7 nitrogen and oxygen atoms in total. The molecule has 7 heteroatoms. The quantitative estimate of drug-likeness (QED) is 0.480. The Hall–Kier alpha value is -3.66. The maximum Gasteiger partial charge on any atom is 0.245 e. The van der Waals surface area contributed by atoms with E-state index in [-0.39, 0.29) is 16.7 Å². The number of carbonyl (C=O) groups excluding carboxylic acids is 1. The normalized spacial score (nSPS) is 24.1. The highest BCUT2D eigenvalue weighted by molar-refractivity contribution is 5.99. The number of carbonyl (C=O) groups is 1. The lowest BCUT2D eigenvalue weighted by atomic mass is 9.48. The van der Waals surface area contributed by atoms with Crippen LogP contribution in [-0.4, -0.2) is 51.8 Å². The summed E-state index contributed by atoms with van der Waals surface area (Å²) in [6, 6.07) is 6.91. The first-order chi connectivity index (χ1) is 18.2. The summed E-state index contributed by atoms with van der Waals surface area (Å²) in [6.45, 7) is 13.7. The lowest BCUT2D eigenvalue weighted by Crippen LogP contribution is -2.59. The molecule has 0 unspecified atom stereocenters. The zero-order chi connectivity index (χ0) is 26.6. The number of hydrogen-bond acceptors (Lipinski definition) is 5. The maximum absolute atomic E-state index is 12.1. The number of aryl methyl sites for hydroxylation is 2. The molecule has 4 heterocycles. The third-order valence-electron chi connectivity index (χ3n) is 10.3. The van der Waals surface area contributed by atoms with Crippen LogP contribution in [0.4, 0.5) is 5.82 Å². The Kier molecular flexibility index (Phi) is 4.75. The van der Waals surface area contributed by atoms with Crippen LogP contribution in [0.5, 0.6) is 0 Å². The van der Waals surface area contributed by atoms with Gasteiger partial charge in [0.1, 0.15) is 17.5 Å². The van der Waals surface area contributed by atoms with Gasteiger partial charge in [-0.25, -0.2) is 4.98 Å². The molecule has 2 aromatic heterocycles. The zero-order valence-corrected chi connectivity index (χ0v) is 22.7. The lowest BCUT2D eigenvalue weighted by molar-refractivity contribution is -0.136. The molecule has 1 amide bonds. The molecule has 3 aliphatic carbocycles. The van der Waals surface area contributed by atoms with Crippen LogP contribution in [0, 0.1) is 35.0 Å². The van der Waals surface area contributed by atoms with E-state index in [2.05, 4.69) is 55.6 Å². The number of hydrogen-bond donors (Lipinski definition) is 0. The number of fused-ring (bicyclic) bond motifs is 1. The fourth-order valence-corrected chi connectivity index (χ4v) is 7.91. The third-order valence-corrected chi connectivity index (χ3v) is 10.3. The van der Waals surface area contributed by atoms with E-state index in [0.717, 1.165) is 72.4 Å². The van der Waals surface area contributed by atoms with Gasteiger partial charge in [-0.05, 0) is 54.7 Å². The molecule has 2 aliphatic heterocycles. The summed E-state index contributed by atoms with van der Waals surface area (Å²) in [6.07, 6.45) is 6.46. The number of anilines is 1. The Labute approximate surface area is 223 Å². The number of nitriles is 1. The summed E-state index contributed by atoms with van der Waals surface area (Å²) in [4.78, 5) is 21.7. The Morgan fingerprint density at radius 3 is 2.74 bits per heavy atom. The van der Waals surface area contributed by atoms with E-state index in [0.29, 0.717) is 17.4 Å². The summed E-state index contributed by atoms with van der Waals surface area (Å²) >= 11 is 0. The number of likely N-dealkylation sites (tertiary alicyclic amines) is 1. The number of aromatic nitrogens is 3. The van der Waals surface area contributed by atoms with Crippen LogP contribution >= 0.6 is 0 Å². The molecule has 3 aromatic rings. The van der Waals surface area contributed by atoms with Gasteiger partial charge in [0.25, 0.3) is 0 Å². The van der Waals surface area contributed by atoms with Gasteiger partial charge in [-0.1, -0.05) is 32.6 Å². The van der Waals surface area contributed by atoms with Gasteiger partial charge in [-0.3, -0.25) is 9.48 Å². The second-order valence-corrected chi connectivity index (χ2v) is 12.7. The van der Waals surface area contributed by atoms with Crippen molar-refractivity contribution in [2.75, 3.05) is 31.1 Å². The topological polar surface area (TPSA) is 78.1 Å². The van der Waals surface area contributed by atoms with Crippen molar-refractivity contribution in [3.8, 4) is 17.2 Å². The van der Waals surface area contributed by atoms with E-state index in [4.69, 9.17) is 4.98 Å². The minimum absolute atomic E-state index is 0.00231. The molecule has 38 heavy (non-hydrogen) atoms. The Balaban J connectivity index is 1.41. The first-order valence-corrected chi connectivity index (χ1v) is 13.7. The fraction of sp³-hybridized carbons (Fsp3) is 0.484. The standard InChI is InChI=1S/C31H34N6O/c1-6-24(38)37-16-31(17-37)9-10-36(15-31)29-22(13-32)26(21-11-20-12-23(27(21)34-29)30(20,3)4)25-18(2)7-8-19-14-33-35(5)28(19)25/h6-8,14,20,23H,1,9-12,15-17H2,2-5H3/t20-,23-/m0/s1. The van der Waals surface area contributed by atoms with Crippen LogP contribution in [0.2, 0.25) is 0 Å². The summed E-state index contributed by atoms with van der Waals surface area (Å²) in [5.74, 6) is 1.85. The summed E-state index contributed by atoms with van der Waals surface area (Å²) in [7, 11) is 1.99. The van der Waals surface area contributed by atoms with Gasteiger partial charge in [0.15, 0.2) is 0 Å². The highest BCUT2D eigenvalue weighted by atomic mass is 16.2. The number of amides is 1. The minimum Gasteiger partial charge on any atom is -0.355 e. The fourth-order valence-electron chi connectivity index (χ4n) is 7.91. The van der Waals surface area contributed by atoms with Crippen LogP contribution in [-0.2, 0) is 18.3 Å². The summed E-state index contributed by atoms with van der Waals surface area (Å²) < 4.78 is 1.95. The van der Waals surface area contributed by atoms with Crippen molar-refractivity contribution >= 4 is 22.6 Å². The summed E-state index contributed by atoms with van der Waals surface area (Å²) in [5, 5.41) is 16.4. The largest absolute Gasteiger partial charge is 0.355 e. The first-order valence-electron chi connectivity index (χ1n) is 13.7. The van der Waals surface area contributed by atoms with Gasteiger partial charge in [0.2, 0.25) is 5.91 Å². The van der Waals surface area contributed by atoms with E-state index in [1.807, 2.05) is 22.8 Å². The highest BCUT2D eigenvalue weighted by Crippen LogP contribution is 2.63. The molecule has 3 fully saturated rings. The molecule has 8 rings (SSSR count). The summed E-state index contributed by atoms with van der Waals surface area (Å²) in [5.41, 5.74) is 7.88. The number of rotatable bonds is 3. The SMILES string of the molecule is C=CC(=O)N1CC2(CCN(c3nc4c(c(-c5c(C)ccc6cnn(C)c56)c3C#N)C[C@H]3C[C@@H]4C3(C)C)C2)C1. The molecule has 1 aromatic carbocycles. The molecule has 1 spiro atoms. The van der Waals surface area contributed by atoms with E-state index in [1.165, 1.54) is 23.8 Å². The maximum atomic E-state index is 12.1. The van der Waals surface area contributed by atoms with Crippen LogP contribution in [0.3, 0.4) is 0 Å². The second-order valence-electron chi connectivity index (χ2n) is 12.7. The zero-order valence-electron chi connectivity index (χ0n) is 22.7. The van der Waals surface area contributed by atoms with Crippen molar-refractivity contribution in [1.29, 1.82) is 5.26 Å². The highest BCUT2D eigenvalue weighted by Gasteiger charge is 2.55. The Morgan fingerprint density at radius 2 is 2.03 bits per heavy atom. The van der Waals surface area contributed by atoms with Gasteiger partial charge >= 0.3 is 0 Å². The van der Waals surface area contributed by atoms with Crippen LogP contribution in [0.15, 0.2) is 31.0 Å². The Bertz CT molecular complexity index is 1580. The van der Waals surface area contributed by atoms with E-state index in [1.54, 1.807) is 0 Å². The predicted molar refractivity (Wildman–Crippen MR) is 148 cm³/mol. The molecule has 1 saturated carbocycles. The lowest BCUT2D eigenvalue weighted by Gasteiger charge is -2.57. The third kappa shape index (κ3) is 2.97. The van der Waals surface area contributed by atoms with Gasteiger partial charge in [0, 0.05) is 61.1 Å². The van der Waals surface area contributed by atoms with Crippen molar-refractivity contribution in [3.05, 3.63) is 53.4 Å². The molecule has 194 valence electrons. The van der Waals surface area contributed by atoms with E-state index >= 15 is 0 Å². The predicted octanol–water partition coefficient (Wildman–Crippen LogP) is 4.73.